The number of halogens is 3. The average molecular weight is 299 g/mol. The molecule has 2 aromatic carbocycles. The maximum absolute atomic E-state index is 13.0. The van der Waals surface area contributed by atoms with Gasteiger partial charge in [-0.25, -0.2) is 4.39 Å². The number of nitrogen functional groups attached to an aromatic ring is 1. The maximum Gasteiger partial charge on any atom is 0.255 e. The van der Waals surface area contributed by atoms with E-state index in [0.717, 1.165) is 0 Å². The van der Waals surface area contributed by atoms with E-state index in [2.05, 4.69) is 5.32 Å². The molecule has 0 unspecified atom stereocenters. The van der Waals surface area contributed by atoms with Gasteiger partial charge in [0.05, 0.1) is 15.7 Å². The number of nitrogens with two attached hydrogens (primary N) is 1. The Bertz CT molecular complexity index is 647. The molecule has 0 bridgehead atoms. The van der Waals surface area contributed by atoms with Gasteiger partial charge in [0.25, 0.3) is 5.91 Å². The van der Waals surface area contributed by atoms with Gasteiger partial charge in [-0.1, -0.05) is 23.2 Å². The molecule has 0 saturated heterocycles. The van der Waals surface area contributed by atoms with E-state index < -0.39 is 5.82 Å². The molecule has 1 amide bonds. The largest absolute Gasteiger partial charge is 0.398 e. The zero-order valence-corrected chi connectivity index (χ0v) is 11.1. The van der Waals surface area contributed by atoms with E-state index in [4.69, 9.17) is 28.9 Å². The molecule has 0 aliphatic rings. The van der Waals surface area contributed by atoms with Crippen molar-refractivity contribution in [2.45, 2.75) is 0 Å². The third kappa shape index (κ3) is 3.16. The van der Waals surface area contributed by atoms with Crippen molar-refractivity contribution in [1.29, 1.82) is 0 Å². The first-order valence-corrected chi connectivity index (χ1v) is 6.04. The Labute approximate surface area is 119 Å². The summed E-state index contributed by atoms with van der Waals surface area (Å²) in [5.41, 5.74) is 6.67. The third-order valence-corrected chi connectivity index (χ3v) is 3.07. The summed E-state index contributed by atoms with van der Waals surface area (Å²) in [6.07, 6.45) is 0. The van der Waals surface area contributed by atoms with Gasteiger partial charge in [-0.3, -0.25) is 4.79 Å². The monoisotopic (exact) mass is 298 g/mol. The fraction of sp³-hybridized carbons (Fsp3) is 0. The summed E-state index contributed by atoms with van der Waals surface area (Å²) in [7, 11) is 0. The van der Waals surface area contributed by atoms with Crippen molar-refractivity contribution in [3.05, 3.63) is 57.8 Å². The smallest absolute Gasteiger partial charge is 0.255 e. The fourth-order valence-corrected chi connectivity index (χ4v) is 1.76. The lowest BCUT2D eigenvalue weighted by Crippen LogP contribution is -2.12. The predicted octanol–water partition coefficient (Wildman–Crippen LogP) is 3.97. The number of hydrogen-bond donors (Lipinski definition) is 2. The minimum Gasteiger partial charge on any atom is -0.398 e. The van der Waals surface area contributed by atoms with Crippen molar-refractivity contribution in [1.82, 2.24) is 0 Å². The normalized spacial score (nSPS) is 10.3. The zero-order valence-electron chi connectivity index (χ0n) is 9.58. The molecule has 0 aromatic heterocycles. The summed E-state index contributed by atoms with van der Waals surface area (Å²) < 4.78 is 13.0. The van der Waals surface area contributed by atoms with Gasteiger partial charge in [0, 0.05) is 11.3 Å². The average Bonchev–Trinajstić information content (AvgIpc) is 2.37. The quantitative estimate of drug-likeness (QED) is 0.824. The highest BCUT2D eigenvalue weighted by molar-refractivity contribution is 6.33. The summed E-state index contributed by atoms with van der Waals surface area (Å²) in [5, 5.41) is 2.90. The molecule has 6 heteroatoms. The Kier molecular flexibility index (Phi) is 3.93. The molecule has 0 heterocycles. The second kappa shape index (κ2) is 5.47. The number of nitrogens with one attached hydrogen (secondary N) is 1. The van der Waals surface area contributed by atoms with E-state index in [0.29, 0.717) is 22.0 Å². The molecule has 0 aliphatic carbocycles. The topological polar surface area (TPSA) is 55.1 Å². The van der Waals surface area contributed by atoms with E-state index in [1.807, 2.05) is 0 Å². The lowest BCUT2D eigenvalue weighted by Gasteiger charge is -2.07. The standard InChI is InChI=1S/C13H9Cl2FN2O/c14-9-3-1-7(5-12(9)17)13(19)18-8-2-4-11(16)10(15)6-8/h1-6H,17H2,(H,18,19). The molecule has 2 aromatic rings. The molecular weight excluding hydrogens is 290 g/mol. The van der Waals surface area contributed by atoms with Crippen LogP contribution in [0, 0.1) is 5.82 Å². The molecular formula is C13H9Cl2FN2O. The van der Waals surface area contributed by atoms with E-state index in [1.54, 1.807) is 6.07 Å². The summed E-state index contributed by atoms with van der Waals surface area (Å²) in [5.74, 6) is -0.929. The predicted molar refractivity (Wildman–Crippen MR) is 75.2 cm³/mol. The van der Waals surface area contributed by atoms with Crippen molar-refractivity contribution in [3.63, 3.8) is 0 Å². The van der Waals surface area contributed by atoms with Gasteiger partial charge in [0.2, 0.25) is 0 Å². The Morgan fingerprint density at radius 2 is 1.84 bits per heavy atom. The number of carbonyl (C=O) groups excluding carboxylic acids is 1. The van der Waals surface area contributed by atoms with Crippen LogP contribution in [0.3, 0.4) is 0 Å². The molecule has 0 radical (unpaired) electrons. The van der Waals surface area contributed by atoms with Crippen molar-refractivity contribution >= 4 is 40.5 Å². The van der Waals surface area contributed by atoms with Crippen molar-refractivity contribution < 1.29 is 9.18 Å². The number of anilines is 2. The molecule has 98 valence electrons. The summed E-state index contributed by atoms with van der Waals surface area (Å²) in [6, 6.07) is 8.45. The molecule has 2 rings (SSSR count). The van der Waals surface area contributed by atoms with Gasteiger partial charge < -0.3 is 11.1 Å². The maximum atomic E-state index is 13.0. The highest BCUT2D eigenvalue weighted by Crippen LogP contribution is 2.22. The van der Waals surface area contributed by atoms with Crippen molar-refractivity contribution in [2.24, 2.45) is 0 Å². The first kappa shape index (κ1) is 13.6. The second-order valence-corrected chi connectivity index (χ2v) is 4.63. The fourth-order valence-electron chi connectivity index (χ4n) is 1.46. The molecule has 3 nitrogen and oxygen atoms in total. The Morgan fingerprint density at radius 3 is 2.47 bits per heavy atom. The van der Waals surface area contributed by atoms with E-state index in [1.165, 1.54) is 30.3 Å². The van der Waals surface area contributed by atoms with Gasteiger partial charge in [-0.15, -0.1) is 0 Å². The first-order valence-electron chi connectivity index (χ1n) is 5.29. The molecule has 0 atom stereocenters. The van der Waals surface area contributed by atoms with Gasteiger partial charge in [-0.2, -0.15) is 0 Å². The molecule has 0 aliphatic heterocycles. The first-order chi connectivity index (χ1) is 8.97. The van der Waals surface area contributed by atoms with Crippen LogP contribution in [0.1, 0.15) is 10.4 Å². The van der Waals surface area contributed by atoms with Gasteiger partial charge in [0.15, 0.2) is 0 Å². The Balaban J connectivity index is 2.20. The molecule has 0 spiro atoms. The van der Waals surface area contributed by atoms with Crippen molar-refractivity contribution in [2.75, 3.05) is 11.1 Å². The van der Waals surface area contributed by atoms with E-state index >= 15 is 0 Å². The molecule has 19 heavy (non-hydrogen) atoms. The van der Waals surface area contributed by atoms with Crippen molar-refractivity contribution in [3.8, 4) is 0 Å². The van der Waals surface area contributed by atoms with Gasteiger partial charge in [-0.05, 0) is 36.4 Å². The number of amides is 1. The third-order valence-electron chi connectivity index (χ3n) is 2.44. The lowest BCUT2D eigenvalue weighted by molar-refractivity contribution is 0.102. The summed E-state index contributed by atoms with van der Waals surface area (Å²) in [6.45, 7) is 0. The minimum absolute atomic E-state index is 0.0616. The van der Waals surface area contributed by atoms with Crippen LogP contribution in [0.4, 0.5) is 15.8 Å². The number of hydrogen-bond acceptors (Lipinski definition) is 2. The van der Waals surface area contributed by atoms with E-state index in [-0.39, 0.29) is 10.9 Å². The minimum atomic E-state index is -0.546. The highest BCUT2D eigenvalue weighted by Gasteiger charge is 2.09. The number of carbonyl (C=O) groups is 1. The number of benzene rings is 2. The summed E-state index contributed by atoms with van der Waals surface area (Å²) >= 11 is 11.4. The van der Waals surface area contributed by atoms with Crippen LogP contribution in [-0.2, 0) is 0 Å². The van der Waals surface area contributed by atoms with Crippen LogP contribution in [0.15, 0.2) is 36.4 Å². The van der Waals surface area contributed by atoms with Crippen LogP contribution in [0.25, 0.3) is 0 Å². The molecule has 0 saturated carbocycles. The highest BCUT2D eigenvalue weighted by atomic mass is 35.5. The van der Waals surface area contributed by atoms with Crippen LogP contribution >= 0.6 is 23.2 Å². The Morgan fingerprint density at radius 1 is 1.11 bits per heavy atom. The number of rotatable bonds is 2. The van der Waals surface area contributed by atoms with E-state index in [9.17, 15) is 9.18 Å². The van der Waals surface area contributed by atoms with Crippen LogP contribution < -0.4 is 11.1 Å². The summed E-state index contributed by atoms with van der Waals surface area (Å²) in [4.78, 5) is 11.9. The Hall–Kier alpha value is -1.78. The van der Waals surface area contributed by atoms with Gasteiger partial charge in [0.1, 0.15) is 5.82 Å². The molecule has 0 fully saturated rings. The van der Waals surface area contributed by atoms with Crippen LogP contribution in [-0.4, -0.2) is 5.91 Å². The zero-order chi connectivity index (χ0) is 14.0. The SMILES string of the molecule is Nc1cc(C(=O)Nc2ccc(F)c(Cl)c2)ccc1Cl. The lowest BCUT2D eigenvalue weighted by atomic mass is 10.2. The van der Waals surface area contributed by atoms with Crippen LogP contribution in [0.5, 0.6) is 0 Å². The van der Waals surface area contributed by atoms with Gasteiger partial charge >= 0.3 is 0 Å². The second-order valence-electron chi connectivity index (χ2n) is 3.82. The van der Waals surface area contributed by atoms with Crippen LogP contribution in [0.2, 0.25) is 10.0 Å². The molecule has 3 N–H and O–H groups in total.